The minimum absolute atomic E-state index is 0.0992. The lowest BCUT2D eigenvalue weighted by Gasteiger charge is -2.29. The van der Waals surface area contributed by atoms with E-state index in [9.17, 15) is 4.79 Å². The summed E-state index contributed by atoms with van der Waals surface area (Å²) in [6, 6.07) is 6.33. The van der Waals surface area contributed by atoms with Crippen molar-refractivity contribution in [2.75, 3.05) is 31.1 Å². The topological polar surface area (TPSA) is 58.1 Å². The Morgan fingerprint density at radius 2 is 1.57 bits per heavy atom. The van der Waals surface area contributed by atoms with Crippen LogP contribution in [0, 0.1) is 13.8 Å². The van der Waals surface area contributed by atoms with Crippen molar-refractivity contribution in [2.45, 2.75) is 13.8 Å². The van der Waals surface area contributed by atoms with Crippen molar-refractivity contribution in [1.29, 1.82) is 0 Å². The largest absolute Gasteiger partial charge is 0.369 e. The van der Waals surface area contributed by atoms with Crippen LogP contribution in [0.4, 0.5) is 5.69 Å². The van der Waals surface area contributed by atoms with Crippen LogP contribution >= 0.6 is 22.7 Å². The molecular formula is C21H20N4OS2. The molecule has 7 heteroatoms. The van der Waals surface area contributed by atoms with E-state index in [1.165, 1.54) is 11.3 Å². The Kier molecular flexibility index (Phi) is 4.38. The molecule has 0 saturated carbocycles. The van der Waals surface area contributed by atoms with Gasteiger partial charge in [0.2, 0.25) is 0 Å². The molecule has 1 aliphatic heterocycles. The second-order valence-electron chi connectivity index (χ2n) is 7.08. The van der Waals surface area contributed by atoms with Crippen LogP contribution in [0.1, 0.15) is 37.1 Å². The number of Topliss-reactive ketones (excluding diaryl/α,β-unsaturated/α-hetero) is 1. The summed E-state index contributed by atoms with van der Waals surface area (Å²) in [6.07, 6.45) is 0. The van der Waals surface area contributed by atoms with E-state index in [-0.39, 0.29) is 5.78 Å². The number of hydrogen-bond donors (Lipinski definition) is 1. The number of ketones is 1. The predicted molar refractivity (Wildman–Crippen MR) is 115 cm³/mol. The zero-order chi connectivity index (χ0) is 19.3. The first-order valence-electron chi connectivity index (χ1n) is 9.35. The smallest absolute Gasteiger partial charge is 0.195 e. The minimum Gasteiger partial charge on any atom is -0.369 e. The molecule has 0 unspecified atom stereocenters. The molecule has 2 aromatic heterocycles. The summed E-state index contributed by atoms with van der Waals surface area (Å²) < 4.78 is 0. The summed E-state index contributed by atoms with van der Waals surface area (Å²) in [5.74, 6) is 0.0992. The molecule has 1 fully saturated rings. The molecule has 1 saturated heterocycles. The molecule has 142 valence electrons. The van der Waals surface area contributed by atoms with Crippen molar-refractivity contribution >= 4 is 45.3 Å². The summed E-state index contributed by atoms with van der Waals surface area (Å²) in [5, 5.41) is 3.38. The van der Waals surface area contributed by atoms with E-state index in [4.69, 9.17) is 0 Å². The van der Waals surface area contributed by atoms with Crippen molar-refractivity contribution in [3.05, 3.63) is 61.5 Å². The molecule has 28 heavy (non-hydrogen) atoms. The molecule has 0 atom stereocenters. The number of fused-ring (bicyclic) bond motifs is 1. The molecule has 2 aliphatic rings. The molecule has 1 aliphatic carbocycles. The molecule has 0 bridgehead atoms. The molecule has 0 spiro atoms. The van der Waals surface area contributed by atoms with E-state index < -0.39 is 0 Å². The molecule has 0 amide bonds. The number of aromatic nitrogens is 2. The predicted octanol–water partition coefficient (Wildman–Crippen LogP) is 3.78. The van der Waals surface area contributed by atoms with Crippen molar-refractivity contribution in [3.63, 3.8) is 0 Å². The van der Waals surface area contributed by atoms with Crippen LogP contribution in [0.25, 0.3) is 11.1 Å². The van der Waals surface area contributed by atoms with Crippen LogP contribution < -0.4 is 10.2 Å². The van der Waals surface area contributed by atoms with Gasteiger partial charge in [0.1, 0.15) is 0 Å². The first kappa shape index (κ1) is 17.7. The van der Waals surface area contributed by atoms with Crippen LogP contribution in [0.5, 0.6) is 0 Å². The SMILES string of the molecule is Cc1ncsc1C1=C(c2scnc2C)c2ccc(N3CCNCC3)cc2C1=O. The first-order valence-corrected chi connectivity index (χ1v) is 11.1. The summed E-state index contributed by atoms with van der Waals surface area (Å²) in [6.45, 7) is 7.84. The van der Waals surface area contributed by atoms with E-state index in [0.29, 0.717) is 0 Å². The van der Waals surface area contributed by atoms with Gasteiger partial charge in [0.15, 0.2) is 5.78 Å². The van der Waals surface area contributed by atoms with Gasteiger partial charge in [-0.05, 0) is 31.5 Å². The van der Waals surface area contributed by atoms with E-state index >= 15 is 0 Å². The molecule has 3 heterocycles. The first-order chi connectivity index (χ1) is 13.6. The van der Waals surface area contributed by atoms with Gasteiger partial charge in [0.05, 0.1) is 37.7 Å². The number of carbonyl (C=O) groups is 1. The number of nitrogens with one attached hydrogen (secondary N) is 1. The Hall–Kier alpha value is -2.35. The van der Waals surface area contributed by atoms with Gasteiger partial charge in [-0.25, -0.2) is 9.97 Å². The third kappa shape index (κ3) is 2.73. The summed E-state index contributed by atoms with van der Waals surface area (Å²) in [5.41, 5.74) is 10.3. The minimum atomic E-state index is 0.0992. The van der Waals surface area contributed by atoms with Crippen LogP contribution in [-0.2, 0) is 0 Å². The fraction of sp³-hybridized carbons (Fsp3) is 0.286. The van der Waals surface area contributed by atoms with Gasteiger partial charge in [0.25, 0.3) is 0 Å². The number of piperazine rings is 1. The van der Waals surface area contributed by atoms with Gasteiger partial charge in [-0.1, -0.05) is 6.07 Å². The Bertz CT molecular complexity index is 1110. The van der Waals surface area contributed by atoms with Gasteiger partial charge < -0.3 is 10.2 Å². The zero-order valence-corrected chi connectivity index (χ0v) is 17.4. The summed E-state index contributed by atoms with van der Waals surface area (Å²) in [7, 11) is 0. The highest BCUT2D eigenvalue weighted by molar-refractivity contribution is 7.12. The average Bonchev–Trinajstić information content (AvgIpc) is 3.40. The Balaban J connectivity index is 1.69. The Labute approximate surface area is 171 Å². The average molecular weight is 409 g/mol. The standard InChI is InChI=1S/C21H20N4OS2/c1-12-20(27-10-23-12)17-15-4-3-14(25-7-5-22-6-8-25)9-16(15)19(26)18(17)21-13(2)24-11-28-21/h3-4,9-11,22H,5-8H2,1-2H3. The van der Waals surface area contributed by atoms with Crippen LogP contribution in [0.2, 0.25) is 0 Å². The third-order valence-electron chi connectivity index (χ3n) is 5.42. The van der Waals surface area contributed by atoms with Gasteiger partial charge in [0, 0.05) is 43.0 Å². The molecule has 5 rings (SSSR count). The van der Waals surface area contributed by atoms with E-state index in [0.717, 1.165) is 75.3 Å². The highest BCUT2D eigenvalue weighted by Crippen LogP contribution is 2.46. The molecule has 5 nitrogen and oxygen atoms in total. The molecule has 3 aromatic rings. The quantitative estimate of drug-likeness (QED) is 0.715. The lowest BCUT2D eigenvalue weighted by atomic mass is 10.0. The Morgan fingerprint density at radius 1 is 0.929 bits per heavy atom. The maximum atomic E-state index is 13.6. The van der Waals surface area contributed by atoms with Crippen molar-refractivity contribution in [1.82, 2.24) is 15.3 Å². The number of anilines is 1. The molecule has 1 aromatic carbocycles. The molecular weight excluding hydrogens is 388 g/mol. The maximum Gasteiger partial charge on any atom is 0.195 e. The lowest BCUT2D eigenvalue weighted by molar-refractivity contribution is 0.105. The molecule has 0 radical (unpaired) electrons. The van der Waals surface area contributed by atoms with E-state index in [1.54, 1.807) is 11.3 Å². The van der Waals surface area contributed by atoms with E-state index in [1.807, 2.05) is 24.9 Å². The number of hydrogen-bond acceptors (Lipinski definition) is 7. The van der Waals surface area contributed by atoms with Crippen molar-refractivity contribution in [3.8, 4) is 0 Å². The second-order valence-corrected chi connectivity index (χ2v) is 8.79. The lowest BCUT2D eigenvalue weighted by Crippen LogP contribution is -2.43. The van der Waals surface area contributed by atoms with Crippen LogP contribution in [0.3, 0.4) is 0 Å². The Morgan fingerprint density at radius 3 is 2.18 bits per heavy atom. The van der Waals surface area contributed by atoms with Crippen LogP contribution in [0.15, 0.2) is 29.2 Å². The van der Waals surface area contributed by atoms with Gasteiger partial charge >= 0.3 is 0 Å². The number of rotatable bonds is 3. The number of benzene rings is 1. The zero-order valence-electron chi connectivity index (χ0n) is 15.8. The number of allylic oxidation sites excluding steroid dienone is 1. The highest BCUT2D eigenvalue weighted by Gasteiger charge is 2.35. The fourth-order valence-electron chi connectivity index (χ4n) is 3.98. The number of nitrogens with zero attached hydrogens (tertiary/aromatic N) is 3. The molecule has 1 N–H and O–H groups in total. The second kappa shape index (κ2) is 6.92. The highest BCUT2D eigenvalue weighted by atomic mass is 32.1. The van der Waals surface area contributed by atoms with Gasteiger partial charge in [-0.3, -0.25) is 4.79 Å². The van der Waals surface area contributed by atoms with E-state index in [2.05, 4.69) is 38.4 Å². The van der Waals surface area contributed by atoms with Crippen molar-refractivity contribution in [2.24, 2.45) is 0 Å². The number of carbonyl (C=O) groups excluding carboxylic acids is 1. The fourth-order valence-corrected chi connectivity index (χ4v) is 5.70. The van der Waals surface area contributed by atoms with Gasteiger partial charge in [-0.2, -0.15) is 0 Å². The maximum absolute atomic E-state index is 13.6. The monoisotopic (exact) mass is 408 g/mol. The van der Waals surface area contributed by atoms with Crippen LogP contribution in [-0.4, -0.2) is 41.9 Å². The summed E-state index contributed by atoms with van der Waals surface area (Å²) >= 11 is 3.13. The number of thiazole rings is 2. The summed E-state index contributed by atoms with van der Waals surface area (Å²) in [4.78, 5) is 26.8. The normalized spacial score (nSPS) is 16.8. The van der Waals surface area contributed by atoms with Crippen molar-refractivity contribution < 1.29 is 4.79 Å². The number of aryl methyl sites for hydroxylation is 2. The van der Waals surface area contributed by atoms with Gasteiger partial charge in [-0.15, -0.1) is 22.7 Å². The third-order valence-corrected chi connectivity index (χ3v) is 7.31.